The predicted molar refractivity (Wildman–Crippen MR) is 58.8 cm³/mol. The lowest BCUT2D eigenvalue weighted by atomic mass is 9.68. The van der Waals surface area contributed by atoms with Gasteiger partial charge in [-0.1, -0.05) is 30.1 Å². The second kappa shape index (κ2) is 3.41. The van der Waals surface area contributed by atoms with E-state index >= 15 is 0 Å². The first-order valence-corrected chi connectivity index (χ1v) is 5.45. The summed E-state index contributed by atoms with van der Waals surface area (Å²) in [6, 6.07) is 5.23. The molecule has 0 amide bonds. The lowest BCUT2D eigenvalue weighted by Crippen LogP contribution is -2.40. The van der Waals surface area contributed by atoms with E-state index in [1.54, 1.807) is 18.2 Å². The highest BCUT2D eigenvalue weighted by atomic mass is 35.5. The monoisotopic (exact) mass is 230 g/mol. The van der Waals surface area contributed by atoms with E-state index < -0.39 is 5.60 Å². The van der Waals surface area contributed by atoms with E-state index in [1.165, 1.54) is 0 Å². The fourth-order valence-corrected chi connectivity index (χ4v) is 2.63. The summed E-state index contributed by atoms with van der Waals surface area (Å²) in [5.74, 6) is 0.565. The second-order valence-corrected chi connectivity index (χ2v) is 5.01. The van der Waals surface area contributed by atoms with Gasteiger partial charge in [0.05, 0.1) is 5.60 Å². The van der Waals surface area contributed by atoms with Crippen LogP contribution in [-0.4, -0.2) is 5.11 Å². The van der Waals surface area contributed by atoms with Gasteiger partial charge in [-0.25, -0.2) is 0 Å². The maximum atomic E-state index is 10.2. The van der Waals surface area contributed by atoms with Crippen LogP contribution in [0.4, 0.5) is 0 Å². The Bertz CT molecular complexity index is 356. The summed E-state index contributed by atoms with van der Waals surface area (Å²) >= 11 is 11.9. The summed E-state index contributed by atoms with van der Waals surface area (Å²) in [6.45, 7) is 2.12. The number of hydrogen-bond acceptors (Lipinski definition) is 1. The lowest BCUT2D eigenvalue weighted by molar-refractivity contribution is -0.0737. The standard InChI is InChI=1S/C11H12Cl2O/c1-7-5-11(14,6-7)9-4-8(12)2-3-10(9)13/h2-4,7,14H,5-6H2,1H3. The molecule has 1 saturated carbocycles. The summed E-state index contributed by atoms with van der Waals surface area (Å²) < 4.78 is 0. The minimum Gasteiger partial charge on any atom is -0.385 e. The third-order valence-corrected chi connectivity index (χ3v) is 3.37. The smallest absolute Gasteiger partial charge is 0.0916 e. The average Bonchev–Trinajstić information content (AvgIpc) is 2.07. The molecule has 0 saturated heterocycles. The Kier molecular flexibility index (Phi) is 2.50. The van der Waals surface area contributed by atoms with Gasteiger partial charge in [0.1, 0.15) is 0 Å². The van der Waals surface area contributed by atoms with Crippen molar-refractivity contribution in [3.63, 3.8) is 0 Å². The normalized spacial score (nSPS) is 31.3. The highest BCUT2D eigenvalue weighted by Crippen LogP contribution is 2.47. The molecule has 0 bridgehead atoms. The van der Waals surface area contributed by atoms with Gasteiger partial charge in [0.2, 0.25) is 0 Å². The fourth-order valence-electron chi connectivity index (χ4n) is 2.17. The van der Waals surface area contributed by atoms with Gasteiger partial charge in [0.15, 0.2) is 0 Å². The van der Waals surface area contributed by atoms with Gasteiger partial charge in [0, 0.05) is 15.6 Å². The van der Waals surface area contributed by atoms with Gasteiger partial charge in [-0.2, -0.15) is 0 Å². The van der Waals surface area contributed by atoms with Crippen molar-refractivity contribution in [3.8, 4) is 0 Å². The van der Waals surface area contributed by atoms with Crippen molar-refractivity contribution in [1.29, 1.82) is 0 Å². The van der Waals surface area contributed by atoms with Gasteiger partial charge in [-0.15, -0.1) is 0 Å². The number of hydrogen-bond donors (Lipinski definition) is 1. The van der Waals surface area contributed by atoms with Gasteiger partial charge < -0.3 is 5.11 Å². The molecule has 1 aromatic carbocycles. The van der Waals surface area contributed by atoms with Crippen LogP contribution in [0.15, 0.2) is 18.2 Å². The molecule has 1 N–H and O–H groups in total. The molecule has 2 rings (SSSR count). The van der Waals surface area contributed by atoms with Crippen molar-refractivity contribution in [2.75, 3.05) is 0 Å². The van der Waals surface area contributed by atoms with Gasteiger partial charge in [0.25, 0.3) is 0 Å². The molecular weight excluding hydrogens is 219 g/mol. The van der Waals surface area contributed by atoms with Crippen molar-refractivity contribution >= 4 is 23.2 Å². The van der Waals surface area contributed by atoms with Gasteiger partial charge >= 0.3 is 0 Å². The van der Waals surface area contributed by atoms with Crippen LogP contribution < -0.4 is 0 Å². The van der Waals surface area contributed by atoms with Gasteiger partial charge in [-0.3, -0.25) is 0 Å². The molecule has 0 radical (unpaired) electrons. The highest BCUT2D eigenvalue weighted by molar-refractivity contribution is 6.33. The topological polar surface area (TPSA) is 20.2 Å². The summed E-state index contributed by atoms with van der Waals surface area (Å²) in [4.78, 5) is 0. The SMILES string of the molecule is CC1CC(O)(c2cc(Cl)ccc2Cl)C1. The zero-order valence-electron chi connectivity index (χ0n) is 7.93. The number of aliphatic hydroxyl groups is 1. The molecule has 0 unspecified atom stereocenters. The minimum absolute atomic E-state index is 0.565. The van der Waals surface area contributed by atoms with Crippen LogP contribution in [0.3, 0.4) is 0 Å². The van der Waals surface area contributed by atoms with E-state index in [0.717, 1.165) is 18.4 Å². The average molecular weight is 231 g/mol. The molecule has 0 atom stereocenters. The molecule has 3 heteroatoms. The summed E-state index contributed by atoms with van der Waals surface area (Å²) in [6.07, 6.45) is 1.54. The molecule has 1 nitrogen and oxygen atoms in total. The van der Waals surface area contributed by atoms with Crippen LogP contribution in [0.25, 0.3) is 0 Å². The van der Waals surface area contributed by atoms with Gasteiger partial charge in [-0.05, 0) is 37.0 Å². The summed E-state index contributed by atoms with van der Waals surface area (Å²) in [5.41, 5.74) is 0.0197. The Balaban J connectivity index is 2.36. The van der Waals surface area contributed by atoms with Crippen molar-refractivity contribution in [2.45, 2.75) is 25.4 Å². The Morgan fingerprint density at radius 2 is 2.00 bits per heavy atom. The highest BCUT2D eigenvalue weighted by Gasteiger charge is 2.42. The van der Waals surface area contributed by atoms with Crippen molar-refractivity contribution in [1.82, 2.24) is 0 Å². The minimum atomic E-state index is -0.749. The molecule has 14 heavy (non-hydrogen) atoms. The Hall–Kier alpha value is -0.240. The second-order valence-electron chi connectivity index (χ2n) is 4.17. The number of halogens is 2. The van der Waals surface area contributed by atoms with Crippen molar-refractivity contribution < 1.29 is 5.11 Å². The van der Waals surface area contributed by atoms with Crippen LogP contribution in [0, 0.1) is 5.92 Å². The summed E-state index contributed by atoms with van der Waals surface area (Å²) in [7, 11) is 0. The van der Waals surface area contributed by atoms with Crippen molar-refractivity contribution in [2.24, 2.45) is 5.92 Å². The Labute approximate surface area is 93.7 Å². The predicted octanol–water partition coefficient (Wildman–Crippen LogP) is 3.61. The molecule has 1 aromatic rings. The summed E-state index contributed by atoms with van der Waals surface area (Å²) in [5, 5.41) is 11.4. The number of benzene rings is 1. The quantitative estimate of drug-likeness (QED) is 0.782. The third-order valence-electron chi connectivity index (χ3n) is 2.80. The van der Waals surface area contributed by atoms with Crippen LogP contribution in [0.5, 0.6) is 0 Å². The van der Waals surface area contributed by atoms with Crippen LogP contribution in [0.1, 0.15) is 25.3 Å². The zero-order chi connectivity index (χ0) is 10.3. The lowest BCUT2D eigenvalue weighted by Gasteiger charge is -2.42. The fraction of sp³-hybridized carbons (Fsp3) is 0.455. The van der Waals surface area contributed by atoms with E-state index in [2.05, 4.69) is 6.92 Å². The molecule has 1 aliphatic carbocycles. The first-order chi connectivity index (χ1) is 6.51. The third kappa shape index (κ3) is 1.65. The number of rotatable bonds is 1. The van der Waals surface area contributed by atoms with E-state index in [4.69, 9.17) is 23.2 Å². The maximum absolute atomic E-state index is 10.2. The van der Waals surface area contributed by atoms with Crippen molar-refractivity contribution in [3.05, 3.63) is 33.8 Å². The Morgan fingerprint density at radius 3 is 2.57 bits per heavy atom. The zero-order valence-corrected chi connectivity index (χ0v) is 9.44. The molecule has 0 spiro atoms. The molecule has 76 valence electrons. The molecule has 1 aliphatic rings. The van der Waals surface area contributed by atoms with Crippen LogP contribution in [0.2, 0.25) is 10.0 Å². The van der Waals surface area contributed by atoms with E-state index in [1.807, 2.05) is 0 Å². The molecular formula is C11H12Cl2O. The van der Waals surface area contributed by atoms with E-state index in [9.17, 15) is 5.11 Å². The van der Waals surface area contributed by atoms with Crippen LogP contribution in [-0.2, 0) is 5.60 Å². The molecule has 1 fully saturated rings. The first-order valence-electron chi connectivity index (χ1n) is 4.69. The molecule has 0 aliphatic heterocycles. The van der Waals surface area contributed by atoms with E-state index in [-0.39, 0.29) is 0 Å². The van der Waals surface area contributed by atoms with Crippen LogP contribution >= 0.6 is 23.2 Å². The maximum Gasteiger partial charge on any atom is 0.0916 e. The Morgan fingerprint density at radius 1 is 1.36 bits per heavy atom. The molecule has 0 aromatic heterocycles. The molecule has 0 heterocycles. The largest absolute Gasteiger partial charge is 0.385 e. The van der Waals surface area contributed by atoms with E-state index in [0.29, 0.717) is 16.0 Å². The first kappa shape index (κ1) is 10.3.